The van der Waals surface area contributed by atoms with E-state index in [1.807, 2.05) is 0 Å². The normalized spacial score (nSPS) is 10.2. The Kier molecular flexibility index (Phi) is 3.79. The number of nitro benzene ring substituents is 1. The number of benzene rings is 1. The summed E-state index contributed by atoms with van der Waals surface area (Å²) >= 11 is 0. The number of hydrogen-bond acceptors (Lipinski definition) is 6. The van der Waals surface area contributed by atoms with Gasteiger partial charge in [-0.15, -0.1) is 5.10 Å². The zero-order valence-corrected chi connectivity index (χ0v) is 11.5. The second-order valence-corrected chi connectivity index (χ2v) is 4.33. The van der Waals surface area contributed by atoms with Gasteiger partial charge in [0.05, 0.1) is 16.2 Å². The highest BCUT2D eigenvalue weighted by atomic mass is 16.6. The van der Waals surface area contributed by atoms with Crippen LogP contribution in [0.5, 0.6) is 11.6 Å². The fourth-order valence-corrected chi connectivity index (χ4v) is 1.77. The van der Waals surface area contributed by atoms with Crippen LogP contribution in [0.1, 0.15) is 16.8 Å². The number of nitro groups is 1. The minimum atomic E-state index is -0.558. The number of nitrogen functional groups attached to an aromatic ring is 1. The molecule has 0 atom stereocenters. The number of rotatable bonds is 4. The monoisotopic (exact) mass is 287 g/mol. The predicted octanol–water partition coefficient (Wildman–Crippen LogP) is 2.08. The molecule has 0 spiro atoms. The van der Waals surface area contributed by atoms with E-state index < -0.39 is 4.92 Å². The Labute approximate surface area is 120 Å². The maximum atomic E-state index is 11.0. The summed E-state index contributed by atoms with van der Waals surface area (Å²) in [6.07, 6.45) is 0. The number of nitrogens with zero attached hydrogens (tertiary/aromatic N) is 3. The molecule has 1 heterocycles. The lowest BCUT2D eigenvalue weighted by molar-refractivity contribution is -0.385. The van der Waals surface area contributed by atoms with Crippen molar-refractivity contribution in [2.45, 2.75) is 13.8 Å². The van der Waals surface area contributed by atoms with Gasteiger partial charge in [-0.1, -0.05) is 12.1 Å². The predicted molar refractivity (Wildman–Crippen MR) is 75.7 cm³/mol. The number of amidine groups is 1. The molecule has 0 radical (unpaired) electrons. The van der Waals surface area contributed by atoms with Gasteiger partial charge in [-0.25, -0.2) is 0 Å². The van der Waals surface area contributed by atoms with E-state index in [2.05, 4.69) is 10.2 Å². The third-order valence-corrected chi connectivity index (χ3v) is 2.96. The topological polar surface area (TPSA) is 128 Å². The molecule has 0 aliphatic rings. The standard InChI is InChI=1S/C13H13N5O3/c1-7-8(2)16-17-13(11(7)12(14)15)21-10-6-4-3-5-9(10)18(19)20/h3-6H,1-2H3,(H3,14,15). The number of ether oxygens (including phenoxy) is 1. The van der Waals surface area contributed by atoms with E-state index in [1.165, 1.54) is 18.2 Å². The van der Waals surface area contributed by atoms with Gasteiger partial charge in [-0.2, -0.15) is 5.10 Å². The lowest BCUT2D eigenvalue weighted by Gasteiger charge is -2.12. The zero-order chi connectivity index (χ0) is 15.6. The second-order valence-electron chi connectivity index (χ2n) is 4.33. The summed E-state index contributed by atoms with van der Waals surface area (Å²) in [6, 6.07) is 5.89. The van der Waals surface area contributed by atoms with Gasteiger partial charge in [-0.3, -0.25) is 15.5 Å². The third-order valence-electron chi connectivity index (χ3n) is 2.96. The van der Waals surface area contributed by atoms with Gasteiger partial charge in [0.1, 0.15) is 5.84 Å². The number of aryl methyl sites for hydroxylation is 1. The molecule has 8 nitrogen and oxygen atoms in total. The van der Waals surface area contributed by atoms with E-state index >= 15 is 0 Å². The van der Waals surface area contributed by atoms with Crippen molar-refractivity contribution in [3.8, 4) is 11.6 Å². The van der Waals surface area contributed by atoms with Crippen LogP contribution in [0, 0.1) is 29.4 Å². The minimum Gasteiger partial charge on any atom is -0.430 e. The van der Waals surface area contributed by atoms with Crippen LogP contribution in [0.4, 0.5) is 5.69 Å². The fourth-order valence-electron chi connectivity index (χ4n) is 1.77. The molecule has 0 bridgehead atoms. The largest absolute Gasteiger partial charge is 0.430 e. The van der Waals surface area contributed by atoms with Gasteiger partial charge in [0, 0.05) is 6.07 Å². The Bertz CT molecular complexity index is 730. The molecule has 0 fully saturated rings. The molecule has 2 rings (SSSR count). The molecule has 0 amide bonds. The molecule has 0 unspecified atom stereocenters. The Hall–Kier alpha value is -3.03. The molecule has 3 N–H and O–H groups in total. The van der Waals surface area contributed by atoms with Crippen molar-refractivity contribution in [3.63, 3.8) is 0 Å². The van der Waals surface area contributed by atoms with Gasteiger partial charge in [0.25, 0.3) is 0 Å². The van der Waals surface area contributed by atoms with Crippen molar-refractivity contribution in [3.05, 3.63) is 51.2 Å². The lowest BCUT2D eigenvalue weighted by Crippen LogP contribution is -2.16. The van der Waals surface area contributed by atoms with E-state index in [9.17, 15) is 10.1 Å². The summed E-state index contributed by atoms with van der Waals surface area (Å²) < 4.78 is 5.46. The first-order chi connectivity index (χ1) is 9.91. The SMILES string of the molecule is Cc1nnc(Oc2ccccc2[N+](=O)[O-])c(C(=N)N)c1C. The fraction of sp³-hybridized carbons (Fsp3) is 0.154. The summed E-state index contributed by atoms with van der Waals surface area (Å²) in [5.74, 6) is -0.249. The summed E-state index contributed by atoms with van der Waals surface area (Å²) in [7, 11) is 0. The van der Waals surface area contributed by atoms with E-state index in [4.69, 9.17) is 15.9 Å². The Morgan fingerprint density at radius 3 is 2.62 bits per heavy atom. The molecule has 1 aromatic carbocycles. The van der Waals surface area contributed by atoms with Gasteiger partial charge in [0.15, 0.2) is 0 Å². The number of nitrogens with two attached hydrogens (primary N) is 1. The molecular formula is C13H13N5O3. The first-order valence-electron chi connectivity index (χ1n) is 6.01. The van der Waals surface area contributed by atoms with E-state index in [-0.39, 0.29) is 28.7 Å². The molecular weight excluding hydrogens is 274 g/mol. The lowest BCUT2D eigenvalue weighted by atomic mass is 10.1. The molecule has 1 aromatic heterocycles. The first kappa shape index (κ1) is 14.4. The molecule has 0 aliphatic carbocycles. The van der Waals surface area contributed by atoms with Gasteiger partial charge in [-0.05, 0) is 25.5 Å². The highest BCUT2D eigenvalue weighted by Gasteiger charge is 2.20. The Balaban J connectivity index is 2.53. The average Bonchev–Trinajstić information content (AvgIpc) is 2.43. The first-order valence-corrected chi connectivity index (χ1v) is 6.01. The van der Waals surface area contributed by atoms with Crippen LogP contribution in [0.25, 0.3) is 0 Å². The van der Waals surface area contributed by atoms with E-state index in [0.717, 1.165) is 0 Å². The van der Waals surface area contributed by atoms with E-state index in [1.54, 1.807) is 19.9 Å². The van der Waals surface area contributed by atoms with Crippen molar-refractivity contribution in [2.24, 2.45) is 5.73 Å². The second kappa shape index (κ2) is 5.53. The molecule has 0 saturated carbocycles. The Morgan fingerprint density at radius 2 is 2.00 bits per heavy atom. The van der Waals surface area contributed by atoms with Crippen LogP contribution in [0.2, 0.25) is 0 Å². The average molecular weight is 287 g/mol. The summed E-state index contributed by atoms with van der Waals surface area (Å²) in [5, 5.41) is 26.3. The maximum Gasteiger partial charge on any atom is 0.311 e. The van der Waals surface area contributed by atoms with E-state index in [0.29, 0.717) is 11.3 Å². The number of nitrogens with one attached hydrogen (secondary N) is 1. The molecule has 21 heavy (non-hydrogen) atoms. The highest BCUT2D eigenvalue weighted by Crippen LogP contribution is 2.32. The van der Waals surface area contributed by atoms with Crippen molar-refractivity contribution in [1.82, 2.24) is 10.2 Å². The smallest absolute Gasteiger partial charge is 0.311 e. The van der Waals surface area contributed by atoms with Crippen molar-refractivity contribution >= 4 is 11.5 Å². The minimum absolute atomic E-state index is 0.0163. The van der Waals surface area contributed by atoms with Crippen LogP contribution >= 0.6 is 0 Å². The van der Waals surface area contributed by atoms with Crippen LogP contribution in [0.3, 0.4) is 0 Å². The van der Waals surface area contributed by atoms with Crippen molar-refractivity contribution in [2.75, 3.05) is 0 Å². The molecule has 2 aromatic rings. The van der Waals surface area contributed by atoms with Crippen LogP contribution in [-0.2, 0) is 0 Å². The molecule has 108 valence electrons. The quantitative estimate of drug-likeness (QED) is 0.383. The Morgan fingerprint density at radius 1 is 1.33 bits per heavy atom. The number of para-hydroxylation sites is 2. The third kappa shape index (κ3) is 2.78. The van der Waals surface area contributed by atoms with Gasteiger partial charge >= 0.3 is 5.69 Å². The van der Waals surface area contributed by atoms with Gasteiger partial charge in [0.2, 0.25) is 11.6 Å². The van der Waals surface area contributed by atoms with Crippen LogP contribution < -0.4 is 10.5 Å². The van der Waals surface area contributed by atoms with Gasteiger partial charge < -0.3 is 10.5 Å². The number of aromatic nitrogens is 2. The summed E-state index contributed by atoms with van der Waals surface area (Å²) in [4.78, 5) is 10.4. The zero-order valence-electron chi connectivity index (χ0n) is 11.5. The summed E-state index contributed by atoms with van der Waals surface area (Å²) in [6.45, 7) is 3.45. The van der Waals surface area contributed by atoms with Crippen LogP contribution in [0.15, 0.2) is 24.3 Å². The number of hydrogen-bond donors (Lipinski definition) is 2. The molecule has 8 heteroatoms. The molecule has 0 aliphatic heterocycles. The maximum absolute atomic E-state index is 11.0. The van der Waals surface area contributed by atoms with Crippen LogP contribution in [-0.4, -0.2) is 21.0 Å². The van der Waals surface area contributed by atoms with Crippen molar-refractivity contribution in [1.29, 1.82) is 5.41 Å². The molecule has 0 saturated heterocycles. The summed E-state index contributed by atoms with van der Waals surface area (Å²) in [5.41, 5.74) is 6.87. The highest BCUT2D eigenvalue weighted by molar-refractivity contribution is 5.98. The van der Waals surface area contributed by atoms with Crippen molar-refractivity contribution < 1.29 is 9.66 Å².